The SMILES string of the molecule is CC1=CCC[C@H]1NC(=O)Nc1ccc(Cl)c(S(=O)(=O)N2CCN(C)CC2)c1O. The molecule has 154 valence electrons. The van der Waals surface area contributed by atoms with E-state index < -0.39 is 21.8 Å². The lowest BCUT2D eigenvalue weighted by molar-refractivity contribution is 0.222. The van der Waals surface area contributed by atoms with Crippen LogP contribution in [-0.4, -0.2) is 68.0 Å². The lowest BCUT2D eigenvalue weighted by Gasteiger charge is -2.32. The van der Waals surface area contributed by atoms with Gasteiger partial charge in [0.15, 0.2) is 5.75 Å². The monoisotopic (exact) mass is 428 g/mol. The molecule has 0 radical (unpaired) electrons. The number of amides is 2. The van der Waals surface area contributed by atoms with Gasteiger partial charge in [0.25, 0.3) is 0 Å². The molecular weight excluding hydrogens is 404 g/mol. The van der Waals surface area contributed by atoms with Crippen molar-refractivity contribution in [3.8, 4) is 5.75 Å². The van der Waals surface area contributed by atoms with Crippen LogP contribution >= 0.6 is 11.6 Å². The van der Waals surface area contributed by atoms with Crippen LogP contribution in [0.5, 0.6) is 5.75 Å². The van der Waals surface area contributed by atoms with Gasteiger partial charge in [0, 0.05) is 26.2 Å². The molecule has 2 amide bonds. The van der Waals surface area contributed by atoms with E-state index in [4.69, 9.17) is 11.6 Å². The molecule has 1 atom stereocenters. The van der Waals surface area contributed by atoms with Crippen LogP contribution in [0.4, 0.5) is 10.5 Å². The summed E-state index contributed by atoms with van der Waals surface area (Å²) in [5, 5.41) is 15.9. The van der Waals surface area contributed by atoms with Gasteiger partial charge in [-0.05, 0) is 38.9 Å². The van der Waals surface area contributed by atoms with Gasteiger partial charge in [-0.25, -0.2) is 13.2 Å². The van der Waals surface area contributed by atoms with Gasteiger partial charge in [0.05, 0.1) is 16.8 Å². The molecule has 1 aliphatic heterocycles. The molecule has 3 rings (SSSR count). The molecule has 28 heavy (non-hydrogen) atoms. The zero-order valence-corrected chi connectivity index (χ0v) is 17.5. The second-order valence-electron chi connectivity index (χ2n) is 7.16. The van der Waals surface area contributed by atoms with E-state index in [1.165, 1.54) is 16.4 Å². The summed E-state index contributed by atoms with van der Waals surface area (Å²) in [4.78, 5) is 13.9. The van der Waals surface area contributed by atoms with E-state index in [9.17, 15) is 18.3 Å². The van der Waals surface area contributed by atoms with Crippen molar-refractivity contribution >= 4 is 33.3 Å². The maximum atomic E-state index is 13.0. The predicted octanol–water partition coefficient (Wildman–Crippen LogP) is 2.21. The molecule has 1 aliphatic carbocycles. The smallest absolute Gasteiger partial charge is 0.319 e. The minimum atomic E-state index is -3.99. The summed E-state index contributed by atoms with van der Waals surface area (Å²) in [6, 6.07) is 2.17. The maximum Gasteiger partial charge on any atom is 0.319 e. The Labute approximate surface area is 170 Å². The van der Waals surface area contributed by atoms with Crippen molar-refractivity contribution in [2.45, 2.75) is 30.7 Å². The summed E-state index contributed by atoms with van der Waals surface area (Å²) in [5.74, 6) is -0.555. The summed E-state index contributed by atoms with van der Waals surface area (Å²) >= 11 is 6.12. The average molecular weight is 429 g/mol. The number of carbonyl (C=O) groups excluding carboxylic acids is 1. The summed E-state index contributed by atoms with van der Waals surface area (Å²) in [6.07, 6.45) is 3.77. The van der Waals surface area contributed by atoms with Gasteiger partial charge in [-0.3, -0.25) is 0 Å². The predicted molar refractivity (Wildman–Crippen MR) is 108 cm³/mol. The number of phenolic OH excluding ortho intramolecular Hbond substituents is 1. The molecule has 1 fully saturated rings. The third kappa shape index (κ3) is 4.27. The fraction of sp³-hybridized carbons (Fsp3) is 0.500. The molecule has 0 unspecified atom stereocenters. The van der Waals surface area contributed by atoms with Gasteiger partial charge in [-0.15, -0.1) is 0 Å². The zero-order valence-electron chi connectivity index (χ0n) is 15.9. The summed E-state index contributed by atoms with van der Waals surface area (Å²) in [7, 11) is -2.08. The minimum absolute atomic E-state index is 0.00534. The number of halogens is 1. The second kappa shape index (κ2) is 8.28. The number of rotatable bonds is 4. The van der Waals surface area contributed by atoms with E-state index in [1.54, 1.807) is 0 Å². The molecule has 1 saturated heterocycles. The van der Waals surface area contributed by atoms with Gasteiger partial charge < -0.3 is 20.6 Å². The number of aromatic hydroxyl groups is 1. The molecule has 2 aliphatic rings. The molecule has 1 heterocycles. The van der Waals surface area contributed by atoms with Crippen molar-refractivity contribution in [3.63, 3.8) is 0 Å². The molecule has 0 saturated carbocycles. The Morgan fingerprint density at radius 2 is 1.93 bits per heavy atom. The number of nitrogens with zero attached hydrogens (tertiary/aromatic N) is 2. The number of piperazine rings is 1. The lowest BCUT2D eigenvalue weighted by atomic mass is 10.2. The van der Waals surface area contributed by atoms with Gasteiger partial charge >= 0.3 is 6.03 Å². The normalized spacial score (nSPS) is 21.4. The highest BCUT2D eigenvalue weighted by atomic mass is 35.5. The highest BCUT2D eigenvalue weighted by Gasteiger charge is 2.33. The van der Waals surface area contributed by atoms with Crippen molar-refractivity contribution in [3.05, 3.63) is 28.8 Å². The molecular formula is C18H25ClN4O4S. The first-order valence-corrected chi connectivity index (χ1v) is 11.0. The van der Waals surface area contributed by atoms with E-state index in [1.807, 2.05) is 18.9 Å². The van der Waals surface area contributed by atoms with Crippen LogP contribution in [0.1, 0.15) is 19.8 Å². The van der Waals surface area contributed by atoms with Crippen molar-refractivity contribution in [1.29, 1.82) is 0 Å². The molecule has 1 aromatic rings. The summed E-state index contributed by atoms with van der Waals surface area (Å²) < 4.78 is 27.3. The lowest BCUT2D eigenvalue weighted by Crippen LogP contribution is -2.47. The van der Waals surface area contributed by atoms with E-state index in [2.05, 4.69) is 16.7 Å². The highest BCUT2D eigenvalue weighted by molar-refractivity contribution is 7.89. The molecule has 8 nitrogen and oxygen atoms in total. The number of allylic oxidation sites excluding steroid dienone is 1. The number of phenols is 1. The third-order valence-corrected chi connectivity index (χ3v) is 7.57. The van der Waals surface area contributed by atoms with Crippen molar-refractivity contribution in [2.75, 3.05) is 38.5 Å². The maximum absolute atomic E-state index is 13.0. The minimum Gasteiger partial charge on any atom is -0.504 e. The number of hydrogen-bond donors (Lipinski definition) is 3. The summed E-state index contributed by atoms with van der Waals surface area (Å²) in [6.45, 7) is 3.73. The largest absolute Gasteiger partial charge is 0.504 e. The van der Waals surface area contributed by atoms with E-state index in [-0.39, 0.29) is 21.6 Å². The standard InChI is InChI=1S/C18H25ClN4O4S/c1-12-4-3-5-14(12)20-18(25)21-15-7-6-13(19)17(16(15)24)28(26,27)23-10-8-22(2)9-11-23/h4,6-7,14,24H,3,5,8-11H2,1-2H3,(H2,20,21,25)/t14-/m1/s1. The Bertz CT molecular complexity index is 895. The zero-order chi connectivity index (χ0) is 20.5. The van der Waals surface area contributed by atoms with Gasteiger partial charge in [0.1, 0.15) is 4.90 Å². The van der Waals surface area contributed by atoms with Crippen LogP contribution < -0.4 is 10.6 Å². The molecule has 0 aromatic heterocycles. The number of nitrogens with one attached hydrogen (secondary N) is 2. The molecule has 0 spiro atoms. The molecule has 3 N–H and O–H groups in total. The van der Waals surface area contributed by atoms with Crippen LogP contribution in [0, 0.1) is 0 Å². The number of anilines is 1. The van der Waals surface area contributed by atoms with Gasteiger partial charge in [-0.2, -0.15) is 4.31 Å². The Morgan fingerprint density at radius 1 is 1.25 bits per heavy atom. The first kappa shape index (κ1) is 20.9. The van der Waals surface area contributed by atoms with E-state index in [0.717, 1.165) is 18.4 Å². The second-order valence-corrected chi connectivity index (χ2v) is 9.44. The van der Waals surface area contributed by atoms with Crippen molar-refractivity contribution in [1.82, 2.24) is 14.5 Å². The quantitative estimate of drug-likeness (QED) is 0.504. The van der Waals surface area contributed by atoms with E-state index in [0.29, 0.717) is 26.2 Å². The van der Waals surface area contributed by atoms with Crippen LogP contribution in [0.2, 0.25) is 5.02 Å². The average Bonchev–Trinajstić information content (AvgIpc) is 3.02. The van der Waals surface area contributed by atoms with Gasteiger partial charge in [-0.1, -0.05) is 23.3 Å². The number of sulfonamides is 1. The number of likely N-dealkylation sites (N-methyl/N-ethyl adjacent to an activating group) is 1. The Kier molecular flexibility index (Phi) is 6.18. The number of urea groups is 1. The Balaban J connectivity index is 1.81. The van der Waals surface area contributed by atoms with Crippen LogP contribution in [0.3, 0.4) is 0 Å². The first-order chi connectivity index (χ1) is 13.2. The van der Waals surface area contributed by atoms with Crippen molar-refractivity contribution in [2.24, 2.45) is 0 Å². The number of carbonyl (C=O) groups is 1. The molecule has 0 bridgehead atoms. The summed E-state index contributed by atoms with van der Waals surface area (Å²) in [5.41, 5.74) is 1.07. The number of benzene rings is 1. The highest BCUT2D eigenvalue weighted by Crippen LogP contribution is 2.38. The van der Waals surface area contributed by atoms with Crippen LogP contribution in [-0.2, 0) is 10.0 Å². The topological polar surface area (TPSA) is 102 Å². The third-order valence-electron chi connectivity index (χ3n) is 5.17. The Hall–Kier alpha value is -1.81. The fourth-order valence-electron chi connectivity index (χ4n) is 3.40. The van der Waals surface area contributed by atoms with Crippen LogP contribution in [0.25, 0.3) is 0 Å². The molecule has 1 aromatic carbocycles. The van der Waals surface area contributed by atoms with Crippen LogP contribution in [0.15, 0.2) is 28.7 Å². The van der Waals surface area contributed by atoms with E-state index >= 15 is 0 Å². The van der Waals surface area contributed by atoms with Crippen molar-refractivity contribution < 1.29 is 18.3 Å². The molecule has 10 heteroatoms. The van der Waals surface area contributed by atoms with Gasteiger partial charge in [0.2, 0.25) is 10.0 Å². The fourth-order valence-corrected chi connectivity index (χ4v) is 5.42. The Morgan fingerprint density at radius 3 is 2.54 bits per heavy atom. The number of hydrogen-bond acceptors (Lipinski definition) is 5. The first-order valence-electron chi connectivity index (χ1n) is 9.14.